The van der Waals surface area contributed by atoms with Gasteiger partial charge in [0.05, 0.1) is 23.8 Å². The number of hydrogen-bond acceptors (Lipinski definition) is 4. The van der Waals surface area contributed by atoms with Crippen LogP contribution in [-0.2, 0) is 0 Å². The molecule has 0 aliphatic carbocycles. The van der Waals surface area contributed by atoms with Gasteiger partial charge in [-0.25, -0.2) is 4.98 Å². The summed E-state index contributed by atoms with van der Waals surface area (Å²) in [5.74, 6) is 0.834. The van der Waals surface area contributed by atoms with E-state index in [1.54, 1.807) is 7.11 Å². The minimum atomic E-state index is 0.605. The fourth-order valence-electron chi connectivity index (χ4n) is 4.10. The molecule has 5 heteroatoms. The van der Waals surface area contributed by atoms with Crippen LogP contribution in [0.5, 0.6) is 5.75 Å². The van der Waals surface area contributed by atoms with E-state index in [-0.39, 0.29) is 0 Å². The lowest BCUT2D eigenvalue weighted by molar-refractivity contribution is 0.214. The van der Waals surface area contributed by atoms with Crippen LogP contribution in [0.4, 0.5) is 5.69 Å². The number of ether oxygens (including phenoxy) is 1. The normalized spacial score (nSPS) is 12.6. The van der Waals surface area contributed by atoms with E-state index in [0.29, 0.717) is 11.1 Å². The Balaban J connectivity index is 1.84. The van der Waals surface area contributed by atoms with Crippen LogP contribution >= 0.6 is 11.6 Å². The Morgan fingerprint density at radius 2 is 1.90 bits per heavy atom. The molecule has 1 N–H and O–H groups in total. The number of anilines is 1. The number of likely N-dealkylation sites (N-methyl/N-ethyl adjacent to an activating group) is 1. The molecule has 0 bridgehead atoms. The number of unbranched alkanes of at least 4 members (excludes halogenated alkanes) is 2. The Kier molecular flexibility index (Phi) is 8.17. The molecular weight excluding hydrogens is 394 g/mol. The minimum absolute atomic E-state index is 0.605. The smallest absolute Gasteiger partial charge is 0.119 e. The second-order valence-corrected chi connectivity index (χ2v) is 8.37. The Labute approximate surface area is 185 Å². The molecule has 0 saturated heterocycles. The summed E-state index contributed by atoms with van der Waals surface area (Å²) in [4.78, 5) is 7.37. The van der Waals surface area contributed by atoms with Crippen LogP contribution in [0.15, 0.2) is 36.4 Å². The molecule has 162 valence electrons. The van der Waals surface area contributed by atoms with Crippen molar-refractivity contribution >= 4 is 39.1 Å². The molecule has 0 spiro atoms. The lowest BCUT2D eigenvalue weighted by Gasteiger charge is -2.28. The van der Waals surface area contributed by atoms with E-state index in [1.807, 2.05) is 24.3 Å². The summed E-state index contributed by atoms with van der Waals surface area (Å²) in [7, 11) is 1.70. The molecule has 1 heterocycles. The predicted molar refractivity (Wildman–Crippen MR) is 130 cm³/mol. The van der Waals surface area contributed by atoms with Crippen LogP contribution in [0.3, 0.4) is 0 Å². The quantitative estimate of drug-likeness (QED) is 0.271. The molecule has 2 aromatic carbocycles. The molecule has 0 saturated carbocycles. The molecule has 4 nitrogen and oxygen atoms in total. The Morgan fingerprint density at radius 1 is 1.07 bits per heavy atom. The van der Waals surface area contributed by atoms with Crippen molar-refractivity contribution in [2.45, 2.75) is 52.5 Å². The van der Waals surface area contributed by atoms with Crippen molar-refractivity contribution in [2.75, 3.05) is 32.1 Å². The highest BCUT2D eigenvalue weighted by atomic mass is 35.5. The van der Waals surface area contributed by atoms with Gasteiger partial charge in [-0.1, -0.05) is 44.7 Å². The van der Waals surface area contributed by atoms with E-state index in [9.17, 15) is 0 Å². The van der Waals surface area contributed by atoms with E-state index in [1.165, 1.54) is 25.7 Å². The highest BCUT2D eigenvalue weighted by Gasteiger charge is 2.14. The van der Waals surface area contributed by atoms with Crippen LogP contribution in [0, 0.1) is 0 Å². The maximum absolute atomic E-state index is 6.23. The average Bonchev–Trinajstić information content (AvgIpc) is 2.75. The van der Waals surface area contributed by atoms with Gasteiger partial charge in [0.1, 0.15) is 5.75 Å². The molecule has 1 aromatic heterocycles. The summed E-state index contributed by atoms with van der Waals surface area (Å²) >= 11 is 6.23. The summed E-state index contributed by atoms with van der Waals surface area (Å²) in [6, 6.07) is 12.5. The number of benzene rings is 2. The fraction of sp³-hybridized carbons (Fsp3) is 0.480. The molecule has 0 aliphatic heterocycles. The number of aromatic nitrogens is 1. The standard InChI is InChI=1S/C25H34ClN3O/c1-5-7-8-9-18(3)29(6-2)15-14-27-25-21-12-10-19(26)16-24(21)28-23-13-11-20(30-4)17-22(23)25/h10-13,16-18H,5-9,14-15H2,1-4H3,(H,27,28). The zero-order valence-corrected chi connectivity index (χ0v) is 19.4. The highest BCUT2D eigenvalue weighted by Crippen LogP contribution is 2.34. The molecule has 3 rings (SSSR count). The number of nitrogens with zero attached hydrogens (tertiary/aromatic N) is 2. The molecule has 0 amide bonds. The zero-order valence-electron chi connectivity index (χ0n) is 18.7. The Morgan fingerprint density at radius 3 is 2.63 bits per heavy atom. The van der Waals surface area contributed by atoms with E-state index in [0.717, 1.165) is 52.9 Å². The van der Waals surface area contributed by atoms with Gasteiger partial charge in [0, 0.05) is 34.9 Å². The van der Waals surface area contributed by atoms with Gasteiger partial charge < -0.3 is 10.1 Å². The highest BCUT2D eigenvalue weighted by molar-refractivity contribution is 6.31. The first-order valence-corrected chi connectivity index (χ1v) is 11.5. The van der Waals surface area contributed by atoms with E-state index >= 15 is 0 Å². The number of fused-ring (bicyclic) bond motifs is 2. The van der Waals surface area contributed by atoms with Gasteiger partial charge in [0.25, 0.3) is 0 Å². The SMILES string of the molecule is CCCCCC(C)N(CC)CCNc1c2ccc(Cl)cc2nc2ccc(OC)cc12. The van der Waals surface area contributed by atoms with Crippen LogP contribution < -0.4 is 10.1 Å². The van der Waals surface area contributed by atoms with Gasteiger partial charge in [0.2, 0.25) is 0 Å². The van der Waals surface area contributed by atoms with E-state index < -0.39 is 0 Å². The Hall–Kier alpha value is -2.04. The minimum Gasteiger partial charge on any atom is -0.497 e. The number of methoxy groups -OCH3 is 1. The lowest BCUT2D eigenvalue weighted by Crippen LogP contribution is -2.36. The van der Waals surface area contributed by atoms with Crippen molar-refractivity contribution < 1.29 is 4.74 Å². The molecule has 1 atom stereocenters. The van der Waals surface area contributed by atoms with Gasteiger partial charge in [0.15, 0.2) is 0 Å². The third kappa shape index (κ3) is 5.35. The van der Waals surface area contributed by atoms with Crippen molar-refractivity contribution in [2.24, 2.45) is 0 Å². The summed E-state index contributed by atoms with van der Waals surface area (Å²) in [6.07, 6.45) is 5.16. The van der Waals surface area contributed by atoms with Gasteiger partial charge in [-0.05, 0) is 56.3 Å². The molecule has 0 radical (unpaired) electrons. The summed E-state index contributed by atoms with van der Waals surface area (Å²) in [5, 5.41) is 6.56. The van der Waals surface area contributed by atoms with Crippen molar-refractivity contribution in [3.05, 3.63) is 41.4 Å². The van der Waals surface area contributed by atoms with Crippen LogP contribution in [-0.4, -0.2) is 42.7 Å². The second kappa shape index (κ2) is 10.8. The van der Waals surface area contributed by atoms with Crippen molar-refractivity contribution in [3.63, 3.8) is 0 Å². The van der Waals surface area contributed by atoms with Crippen LogP contribution in [0.25, 0.3) is 21.8 Å². The van der Waals surface area contributed by atoms with Crippen LogP contribution in [0.1, 0.15) is 46.5 Å². The fourth-order valence-corrected chi connectivity index (χ4v) is 4.27. The first-order valence-electron chi connectivity index (χ1n) is 11.1. The van der Waals surface area contributed by atoms with Gasteiger partial charge in [-0.3, -0.25) is 4.90 Å². The molecule has 0 aliphatic rings. The first kappa shape index (κ1) is 22.6. The summed E-state index contributed by atoms with van der Waals surface area (Å²) in [6.45, 7) is 9.81. The zero-order chi connectivity index (χ0) is 21.5. The summed E-state index contributed by atoms with van der Waals surface area (Å²) in [5.41, 5.74) is 2.94. The third-order valence-electron chi connectivity index (χ3n) is 5.90. The van der Waals surface area contributed by atoms with Crippen molar-refractivity contribution in [1.82, 2.24) is 9.88 Å². The molecule has 1 unspecified atom stereocenters. The number of hydrogen-bond donors (Lipinski definition) is 1. The molecule has 3 aromatic rings. The van der Waals surface area contributed by atoms with Gasteiger partial charge in [-0.2, -0.15) is 0 Å². The lowest BCUT2D eigenvalue weighted by atomic mass is 10.1. The predicted octanol–water partition coefficient (Wildman–Crippen LogP) is 6.75. The van der Waals surface area contributed by atoms with Crippen LogP contribution in [0.2, 0.25) is 5.02 Å². The molecule has 0 fully saturated rings. The number of rotatable bonds is 11. The van der Waals surface area contributed by atoms with Gasteiger partial charge >= 0.3 is 0 Å². The number of pyridine rings is 1. The van der Waals surface area contributed by atoms with Gasteiger partial charge in [-0.15, -0.1) is 0 Å². The van der Waals surface area contributed by atoms with Crippen molar-refractivity contribution in [1.29, 1.82) is 0 Å². The monoisotopic (exact) mass is 427 g/mol. The van der Waals surface area contributed by atoms with E-state index in [4.69, 9.17) is 21.3 Å². The van der Waals surface area contributed by atoms with E-state index in [2.05, 4.69) is 43.1 Å². The number of halogens is 1. The van der Waals surface area contributed by atoms with Crippen molar-refractivity contribution in [3.8, 4) is 5.75 Å². The molecule has 30 heavy (non-hydrogen) atoms. The third-order valence-corrected chi connectivity index (χ3v) is 6.13. The number of nitrogens with one attached hydrogen (secondary N) is 1. The second-order valence-electron chi connectivity index (χ2n) is 7.93. The molecular formula is C25H34ClN3O. The maximum atomic E-state index is 6.23. The first-order chi connectivity index (χ1) is 14.6. The Bertz CT molecular complexity index is 975. The summed E-state index contributed by atoms with van der Waals surface area (Å²) < 4.78 is 5.46. The maximum Gasteiger partial charge on any atom is 0.119 e. The average molecular weight is 428 g/mol. The largest absolute Gasteiger partial charge is 0.497 e. The topological polar surface area (TPSA) is 37.4 Å².